The quantitative estimate of drug-likeness (QED) is 0.118. The summed E-state index contributed by atoms with van der Waals surface area (Å²) >= 11 is 6.40. The van der Waals surface area contributed by atoms with E-state index < -0.39 is 15.2 Å². The second kappa shape index (κ2) is 13.0. The van der Waals surface area contributed by atoms with Gasteiger partial charge in [-0.15, -0.1) is 11.6 Å². The van der Waals surface area contributed by atoms with Crippen LogP contribution in [0.15, 0.2) is 170 Å². The first-order valence-corrected chi connectivity index (χ1v) is 19.4. The SMILES string of the molecule is CC1(C)c2cccc(P(c3ccccc3)c3ccccc3)c2Oc2c1cccc2[P+](C=CCCl)(c1ccccc1)c1ccccc1. The van der Waals surface area contributed by atoms with Crippen molar-refractivity contribution in [2.24, 2.45) is 0 Å². The normalized spacial score (nSPS) is 13.7. The van der Waals surface area contributed by atoms with E-state index in [1.54, 1.807) is 0 Å². The molecule has 1 nitrogen and oxygen atoms in total. The molecule has 1 aliphatic heterocycles. The molecule has 226 valence electrons. The van der Waals surface area contributed by atoms with Crippen LogP contribution in [0.4, 0.5) is 0 Å². The number of fused-ring (bicyclic) bond motifs is 2. The highest BCUT2D eigenvalue weighted by molar-refractivity contribution is 7.98. The number of hydrogen-bond donors (Lipinski definition) is 0. The van der Waals surface area contributed by atoms with Crippen LogP contribution >= 0.6 is 26.8 Å². The van der Waals surface area contributed by atoms with Gasteiger partial charge in [-0.25, -0.2) is 0 Å². The Morgan fingerprint density at radius 3 is 1.59 bits per heavy atom. The molecule has 4 heteroatoms. The molecule has 1 aliphatic rings. The van der Waals surface area contributed by atoms with E-state index in [0.29, 0.717) is 5.88 Å². The number of hydrogen-bond acceptors (Lipinski definition) is 1. The van der Waals surface area contributed by atoms with Crippen LogP contribution in [0.1, 0.15) is 25.0 Å². The molecule has 0 amide bonds. The Morgan fingerprint density at radius 1 is 0.587 bits per heavy atom. The molecule has 0 saturated heterocycles. The smallest absolute Gasteiger partial charge is 0.174 e. The topological polar surface area (TPSA) is 9.23 Å². The van der Waals surface area contributed by atoms with Crippen LogP contribution in [0.5, 0.6) is 11.5 Å². The first-order chi connectivity index (χ1) is 22.6. The van der Waals surface area contributed by atoms with Gasteiger partial charge in [-0.3, -0.25) is 0 Å². The molecule has 0 aliphatic carbocycles. The molecule has 0 unspecified atom stereocenters. The molecule has 0 saturated carbocycles. The fraction of sp³-hybridized carbons (Fsp3) is 0.0952. The van der Waals surface area contributed by atoms with Gasteiger partial charge < -0.3 is 4.74 Å². The second-order valence-corrected chi connectivity index (χ2v) is 17.7. The van der Waals surface area contributed by atoms with Crippen LogP contribution in [-0.2, 0) is 5.41 Å². The van der Waals surface area contributed by atoms with Crippen LogP contribution in [0.3, 0.4) is 0 Å². The molecule has 6 aromatic rings. The molecule has 0 radical (unpaired) electrons. The fourth-order valence-electron chi connectivity index (χ4n) is 6.73. The Balaban J connectivity index is 1.51. The van der Waals surface area contributed by atoms with Crippen LogP contribution in [-0.4, -0.2) is 5.88 Å². The lowest BCUT2D eigenvalue weighted by atomic mass is 9.76. The lowest BCUT2D eigenvalue weighted by molar-refractivity contribution is 0.425. The summed E-state index contributed by atoms with van der Waals surface area (Å²) in [7, 11) is -3.21. The number of alkyl halides is 1. The first-order valence-electron chi connectivity index (χ1n) is 15.6. The van der Waals surface area contributed by atoms with Crippen LogP contribution in [0.2, 0.25) is 0 Å². The Hall–Kier alpha value is -3.99. The van der Waals surface area contributed by atoms with Gasteiger partial charge in [0.25, 0.3) is 0 Å². The molecule has 7 rings (SSSR count). The number of para-hydroxylation sites is 2. The van der Waals surface area contributed by atoms with Crippen LogP contribution in [0.25, 0.3) is 0 Å². The Labute approximate surface area is 279 Å². The minimum atomic E-state index is -2.34. The molecular weight excluding hydrogens is 618 g/mol. The second-order valence-electron chi connectivity index (χ2n) is 12.0. The van der Waals surface area contributed by atoms with E-state index in [1.165, 1.54) is 43.0 Å². The molecule has 46 heavy (non-hydrogen) atoms. The minimum absolute atomic E-state index is 0.289. The van der Waals surface area contributed by atoms with Gasteiger partial charge in [0.05, 0.1) is 5.82 Å². The summed E-state index contributed by atoms with van der Waals surface area (Å²) in [5.74, 6) is 4.75. The monoisotopic (exact) mass is 653 g/mol. The maximum absolute atomic E-state index is 7.41. The molecule has 0 fully saturated rings. The summed E-state index contributed by atoms with van der Waals surface area (Å²) in [5, 5.41) is 7.59. The average molecular weight is 654 g/mol. The largest absolute Gasteiger partial charge is 0.452 e. The zero-order chi connectivity index (χ0) is 31.6. The van der Waals surface area contributed by atoms with Gasteiger partial charge >= 0.3 is 0 Å². The van der Waals surface area contributed by atoms with Crippen LogP contribution in [0, 0.1) is 0 Å². The lowest BCUT2D eigenvalue weighted by Crippen LogP contribution is -2.35. The van der Waals surface area contributed by atoms with Crippen molar-refractivity contribution < 1.29 is 4.74 Å². The lowest BCUT2D eigenvalue weighted by Gasteiger charge is -2.38. The molecule has 1 heterocycles. The van der Waals surface area contributed by atoms with Crippen molar-refractivity contribution in [3.8, 4) is 11.5 Å². The molecular formula is C42H36ClOP2+. The summed E-state index contributed by atoms with van der Waals surface area (Å²) in [6.45, 7) is 4.68. The number of halogens is 1. The van der Waals surface area contributed by atoms with E-state index in [1.807, 2.05) is 0 Å². The third-order valence-corrected chi connectivity index (χ3v) is 15.6. The van der Waals surface area contributed by atoms with Crippen molar-refractivity contribution in [3.05, 3.63) is 181 Å². The van der Waals surface area contributed by atoms with Crippen LogP contribution < -0.4 is 36.6 Å². The average Bonchev–Trinajstić information content (AvgIpc) is 3.11. The van der Waals surface area contributed by atoms with E-state index >= 15 is 0 Å². The third kappa shape index (κ3) is 5.32. The van der Waals surface area contributed by atoms with Gasteiger partial charge in [-0.1, -0.05) is 141 Å². The Morgan fingerprint density at radius 2 is 1.07 bits per heavy atom. The van der Waals surface area contributed by atoms with Gasteiger partial charge in [0, 0.05) is 27.7 Å². The van der Waals surface area contributed by atoms with Crippen molar-refractivity contribution in [2.75, 3.05) is 5.88 Å². The van der Waals surface area contributed by atoms with E-state index in [-0.39, 0.29) is 5.41 Å². The molecule has 0 bridgehead atoms. The van der Waals surface area contributed by atoms with Crippen molar-refractivity contribution >= 4 is 58.6 Å². The van der Waals surface area contributed by atoms with Gasteiger partial charge in [-0.2, -0.15) is 0 Å². The first kappa shape index (κ1) is 30.7. The number of allylic oxidation sites excluding steroid dienone is 1. The van der Waals surface area contributed by atoms with Crippen molar-refractivity contribution in [1.82, 2.24) is 0 Å². The maximum atomic E-state index is 7.41. The van der Waals surface area contributed by atoms with Gasteiger partial charge in [0.1, 0.15) is 23.6 Å². The predicted octanol–water partition coefficient (Wildman–Crippen LogP) is 8.92. The summed E-state index contributed by atoms with van der Waals surface area (Å²) in [4.78, 5) is 0. The van der Waals surface area contributed by atoms with Crippen molar-refractivity contribution in [3.63, 3.8) is 0 Å². The fourth-order valence-corrected chi connectivity index (χ4v) is 13.2. The summed E-state index contributed by atoms with van der Waals surface area (Å²) < 4.78 is 7.41. The van der Waals surface area contributed by atoms with Gasteiger partial charge in [0.2, 0.25) is 0 Å². The van der Waals surface area contributed by atoms with Crippen molar-refractivity contribution in [1.29, 1.82) is 0 Å². The molecule has 0 spiro atoms. The highest BCUT2D eigenvalue weighted by atomic mass is 35.5. The molecule has 6 aromatic carbocycles. The highest BCUT2D eigenvalue weighted by Gasteiger charge is 2.49. The molecule has 0 N–H and O–H groups in total. The minimum Gasteiger partial charge on any atom is -0.452 e. The predicted molar refractivity (Wildman–Crippen MR) is 202 cm³/mol. The zero-order valence-electron chi connectivity index (χ0n) is 26.1. The highest BCUT2D eigenvalue weighted by Crippen LogP contribution is 2.61. The summed E-state index contributed by atoms with van der Waals surface area (Å²) in [6, 6.07) is 57.0. The van der Waals surface area contributed by atoms with Crippen molar-refractivity contribution in [2.45, 2.75) is 19.3 Å². The summed E-state index contributed by atoms with van der Waals surface area (Å²) in [6.07, 6.45) is 2.12. The Kier molecular flexibility index (Phi) is 8.68. The van der Waals surface area contributed by atoms with Gasteiger partial charge in [0.15, 0.2) is 11.1 Å². The van der Waals surface area contributed by atoms with E-state index in [0.717, 1.165) is 11.5 Å². The number of ether oxygens (including phenoxy) is 1. The Bertz CT molecular complexity index is 1890. The summed E-state index contributed by atoms with van der Waals surface area (Å²) in [5.41, 5.74) is 2.13. The van der Waals surface area contributed by atoms with E-state index in [4.69, 9.17) is 16.3 Å². The maximum Gasteiger partial charge on any atom is 0.174 e. The van der Waals surface area contributed by atoms with E-state index in [9.17, 15) is 0 Å². The number of benzene rings is 6. The van der Waals surface area contributed by atoms with Gasteiger partial charge in [-0.05, 0) is 54.9 Å². The third-order valence-electron chi connectivity index (χ3n) is 8.93. The standard InChI is InChI=1S/C42H36ClOP2/c1-42(2)36-26-15-28-38(45(32-18-7-3-8-19-32)33-20-9-4-10-21-33)40(36)44-41-37(42)27-16-29-39(41)46(31-17-30-43,34-22-11-5-12-23-34)35-24-13-6-14-25-35/h3-29,31H,30H2,1-2H3/q+1. The molecule has 0 atom stereocenters. The number of rotatable bonds is 8. The zero-order valence-corrected chi connectivity index (χ0v) is 28.6. The van der Waals surface area contributed by atoms with E-state index in [2.05, 4.69) is 183 Å². The molecule has 0 aromatic heterocycles.